The number of aldehydes is 1. The van der Waals surface area contributed by atoms with Crippen LogP contribution < -0.4 is 0 Å². The van der Waals surface area contributed by atoms with Crippen LogP contribution >= 0.6 is 22.6 Å². The highest BCUT2D eigenvalue weighted by molar-refractivity contribution is 14.1. The molecule has 0 aliphatic rings. The molecule has 0 saturated heterocycles. The molecule has 0 aromatic carbocycles. The van der Waals surface area contributed by atoms with Crippen LogP contribution in [0.5, 0.6) is 0 Å². The van der Waals surface area contributed by atoms with Crippen LogP contribution in [0.25, 0.3) is 0 Å². The van der Waals surface area contributed by atoms with Gasteiger partial charge in [0.1, 0.15) is 6.29 Å². The highest BCUT2D eigenvalue weighted by Gasteiger charge is 1.75. The highest BCUT2D eigenvalue weighted by atomic mass is 127. The topological polar surface area (TPSA) is 17.1 Å². The molecule has 0 rings (SSSR count). The summed E-state index contributed by atoms with van der Waals surface area (Å²) >= 11 is 2.19. The lowest BCUT2D eigenvalue weighted by Crippen LogP contribution is -1.69. The van der Waals surface area contributed by atoms with Crippen LogP contribution in [0.3, 0.4) is 0 Å². The van der Waals surface area contributed by atoms with E-state index >= 15 is 0 Å². The summed E-state index contributed by atoms with van der Waals surface area (Å²) in [6.07, 6.45) is 9.60. The van der Waals surface area contributed by atoms with Gasteiger partial charge in [-0.05, 0) is 16.9 Å². The first-order valence-corrected chi connectivity index (χ1v) is 4.50. The number of carbonyl (C=O) groups excluding carboxylic acids is 1. The maximum atomic E-state index is 9.84. The van der Waals surface area contributed by atoms with Crippen molar-refractivity contribution in [2.45, 2.75) is 19.3 Å². The zero-order valence-electron chi connectivity index (χ0n) is 5.79. The molecule has 0 unspecified atom stereocenters. The number of unbranched alkanes of at least 4 members (excludes halogenated alkanes) is 1. The summed E-state index contributed by atoms with van der Waals surface area (Å²) in [4.78, 5) is 9.84. The molecule has 0 radical (unpaired) electrons. The van der Waals surface area contributed by atoms with Crippen molar-refractivity contribution < 1.29 is 4.79 Å². The van der Waals surface area contributed by atoms with Crippen LogP contribution in [-0.4, -0.2) is 6.29 Å². The van der Waals surface area contributed by atoms with Crippen LogP contribution in [0.1, 0.15) is 19.3 Å². The van der Waals surface area contributed by atoms with Gasteiger partial charge in [-0.15, -0.1) is 0 Å². The van der Waals surface area contributed by atoms with Gasteiger partial charge in [0.05, 0.1) is 0 Å². The van der Waals surface area contributed by atoms with Gasteiger partial charge in [-0.2, -0.15) is 0 Å². The summed E-state index contributed by atoms with van der Waals surface area (Å²) in [5.41, 5.74) is 0. The normalized spacial score (nSPS) is 11.3. The van der Waals surface area contributed by atoms with Gasteiger partial charge < -0.3 is 4.79 Å². The highest BCUT2D eigenvalue weighted by Crippen LogP contribution is 1.93. The zero-order valence-corrected chi connectivity index (χ0v) is 7.95. The second-order valence-electron chi connectivity index (χ2n) is 1.81. The predicted molar refractivity (Wildman–Crippen MR) is 52.2 cm³/mol. The maximum Gasteiger partial charge on any atom is 0.120 e. The Morgan fingerprint density at radius 3 is 2.50 bits per heavy atom. The quantitative estimate of drug-likeness (QED) is 0.317. The molecule has 0 spiro atoms. The fourth-order valence-electron chi connectivity index (χ4n) is 0.508. The van der Waals surface area contributed by atoms with E-state index in [0.717, 1.165) is 19.1 Å². The number of halogens is 1. The van der Waals surface area contributed by atoms with Gasteiger partial charge in [-0.25, -0.2) is 0 Å². The van der Waals surface area contributed by atoms with Gasteiger partial charge in [-0.1, -0.05) is 40.8 Å². The van der Waals surface area contributed by atoms with Crippen molar-refractivity contribution in [1.82, 2.24) is 0 Å². The summed E-state index contributed by atoms with van der Waals surface area (Å²) < 4.78 is 1.99. The Labute approximate surface area is 75.3 Å². The maximum absolute atomic E-state index is 9.84. The number of carbonyl (C=O) groups is 1. The molecule has 0 heterocycles. The third kappa shape index (κ3) is 7.88. The minimum Gasteiger partial charge on any atom is -0.303 e. The van der Waals surface area contributed by atoms with E-state index in [1.165, 1.54) is 0 Å². The number of rotatable bonds is 5. The van der Waals surface area contributed by atoms with Crippen LogP contribution in [0, 0.1) is 0 Å². The summed E-state index contributed by atoms with van der Waals surface area (Å²) in [5.74, 6) is 0. The van der Waals surface area contributed by atoms with Crippen molar-refractivity contribution in [2.24, 2.45) is 0 Å². The molecule has 0 aromatic heterocycles. The molecule has 10 heavy (non-hydrogen) atoms. The van der Waals surface area contributed by atoms with E-state index in [1.807, 2.05) is 10.2 Å². The van der Waals surface area contributed by atoms with E-state index in [-0.39, 0.29) is 0 Å². The van der Waals surface area contributed by atoms with E-state index in [1.54, 1.807) is 0 Å². The molecule has 0 aromatic rings. The van der Waals surface area contributed by atoms with Crippen molar-refractivity contribution in [1.29, 1.82) is 0 Å². The summed E-state index contributed by atoms with van der Waals surface area (Å²) in [6, 6.07) is 0. The Bertz CT molecular complexity index is 127. The second kappa shape index (κ2) is 8.88. The Balaban J connectivity index is 3.11. The fraction of sp³-hybridized carbons (Fsp3) is 0.375. The minimum atomic E-state index is 0.643. The van der Waals surface area contributed by atoms with Gasteiger partial charge in [0.15, 0.2) is 0 Å². The lowest BCUT2D eigenvalue weighted by molar-refractivity contribution is -0.107. The summed E-state index contributed by atoms with van der Waals surface area (Å²) in [7, 11) is 0. The van der Waals surface area contributed by atoms with Crippen molar-refractivity contribution >= 4 is 28.9 Å². The van der Waals surface area contributed by atoms with Gasteiger partial charge >= 0.3 is 0 Å². The van der Waals surface area contributed by atoms with Gasteiger partial charge in [0.25, 0.3) is 0 Å². The standard InChI is InChI=1S/C8H11IO/c9-7-5-3-1-2-4-6-8-10/h1-2,5,7-8H,3-4,6H2/b2-1-,7-5-. The minimum absolute atomic E-state index is 0.643. The van der Waals surface area contributed by atoms with E-state index in [9.17, 15) is 4.79 Å². The van der Waals surface area contributed by atoms with E-state index in [0.29, 0.717) is 6.42 Å². The molecule has 0 amide bonds. The zero-order chi connectivity index (χ0) is 7.66. The molecule has 0 aliphatic carbocycles. The average molecular weight is 250 g/mol. The molecule has 0 aliphatic heterocycles. The first-order chi connectivity index (χ1) is 4.91. The fourth-order valence-corrected chi connectivity index (χ4v) is 0.802. The molecular formula is C8H11IO. The predicted octanol–water partition coefficient (Wildman–Crippen LogP) is 2.86. The second-order valence-corrected chi connectivity index (χ2v) is 2.53. The van der Waals surface area contributed by atoms with Crippen molar-refractivity contribution in [2.75, 3.05) is 0 Å². The van der Waals surface area contributed by atoms with Gasteiger partial charge in [0, 0.05) is 6.42 Å². The largest absolute Gasteiger partial charge is 0.303 e. The van der Waals surface area contributed by atoms with Crippen molar-refractivity contribution in [3.63, 3.8) is 0 Å². The monoisotopic (exact) mass is 250 g/mol. The van der Waals surface area contributed by atoms with Crippen molar-refractivity contribution in [3.05, 3.63) is 22.3 Å². The first kappa shape index (κ1) is 9.88. The first-order valence-electron chi connectivity index (χ1n) is 3.25. The molecule has 0 fully saturated rings. The molecule has 0 bridgehead atoms. The van der Waals surface area contributed by atoms with E-state index in [2.05, 4.69) is 34.7 Å². The van der Waals surface area contributed by atoms with E-state index < -0.39 is 0 Å². The molecule has 0 atom stereocenters. The Morgan fingerprint density at radius 1 is 1.10 bits per heavy atom. The van der Waals surface area contributed by atoms with Crippen LogP contribution in [0.2, 0.25) is 0 Å². The van der Waals surface area contributed by atoms with E-state index in [4.69, 9.17) is 0 Å². The molecule has 0 N–H and O–H groups in total. The number of hydrogen-bond donors (Lipinski definition) is 0. The Hall–Kier alpha value is -0.120. The Morgan fingerprint density at radius 2 is 1.90 bits per heavy atom. The van der Waals surface area contributed by atoms with Crippen LogP contribution in [0.15, 0.2) is 22.3 Å². The number of allylic oxidation sites excluding steroid dienone is 3. The molecule has 1 nitrogen and oxygen atoms in total. The SMILES string of the molecule is O=CCC/C=C\C/C=C\I. The molecular weight excluding hydrogens is 239 g/mol. The molecule has 0 saturated carbocycles. The molecule has 2 heteroatoms. The number of hydrogen-bond acceptors (Lipinski definition) is 1. The average Bonchev–Trinajstić information content (AvgIpc) is 1.97. The van der Waals surface area contributed by atoms with Gasteiger partial charge in [0.2, 0.25) is 0 Å². The lowest BCUT2D eigenvalue weighted by atomic mass is 10.3. The van der Waals surface area contributed by atoms with Crippen LogP contribution in [-0.2, 0) is 4.79 Å². The molecule has 56 valence electrons. The van der Waals surface area contributed by atoms with Gasteiger partial charge in [-0.3, -0.25) is 0 Å². The van der Waals surface area contributed by atoms with Crippen molar-refractivity contribution in [3.8, 4) is 0 Å². The smallest absolute Gasteiger partial charge is 0.120 e. The lowest BCUT2D eigenvalue weighted by Gasteiger charge is -1.81. The van der Waals surface area contributed by atoms with Crippen LogP contribution in [0.4, 0.5) is 0 Å². The third-order valence-corrected chi connectivity index (χ3v) is 1.49. The third-order valence-electron chi connectivity index (χ3n) is 0.979. The summed E-state index contributed by atoms with van der Waals surface area (Å²) in [6.45, 7) is 0. The summed E-state index contributed by atoms with van der Waals surface area (Å²) in [5, 5.41) is 0. The Kier molecular flexibility index (Phi) is 8.77.